The van der Waals surface area contributed by atoms with Crippen LogP contribution in [0.3, 0.4) is 0 Å². The zero-order valence-electron chi connectivity index (χ0n) is 12.2. The Balaban J connectivity index is 0.00000200. The van der Waals surface area contributed by atoms with Crippen molar-refractivity contribution in [2.45, 2.75) is 33.4 Å². The second kappa shape index (κ2) is 8.77. The van der Waals surface area contributed by atoms with E-state index in [2.05, 4.69) is 65.3 Å². The number of benzene rings is 1. The second-order valence-electron chi connectivity index (χ2n) is 5.31. The molecule has 1 N–H and O–H groups in total. The van der Waals surface area contributed by atoms with Crippen LogP contribution in [-0.4, -0.2) is 16.3 Å². The molecule has 0 radical (unpaired) electrons. The summed E-state index contributed by atoms with van der Waals surface area (Å²) in [6, 6.07) is 12.7. The Kier molecular flexibility index (Phi) is 7.34. The van der Waals surface area contributed by atoms with Crippen molar-refractivity contribution in [2.75, 3.05) is 6.54 Å². The van der Waals surface area contributed by atoms with Crippen LogP contribution in [0.25, 0.3) is 0 Å². The molecule has 0 spiro atoms. The lowest BCUT2D eigenvalue weighted by Gasteiger charge is -2.10. The SMILES string of the molecule is CC(C)Cn1nccc1CNCCc1ccccc1.Cl. The third-order valence-electron chi connectivity index (χ3n) is 3.08. The molecule has 0 aliphatic carbocycles. The van der Waals surface area contributed by atoms with Gasteiger partial charge in [0.1, 0.15) is 0 Å². The topological polar surface area (TPSA) is 29.9 Å². The van der Waals surface area contributed by atoms with Gasteiger partial charge in [0.2, 0.25) is 0 Å². The molecule has 0 saturated carbocycles. The molecule has 4 heteroatoms. The quantitative estimate of drug-likeness (QED) is 0.794. The first-order valence-electron chi connectivity index (χ1n) is 7.01. The molecule has 0 amide bonds. The normalized spacial score (nSPS) is 10.6. The average molecular weight is 294 g/mol. The van der Waals surface area contributed by atoms with Crippen molar-refractivity contribution < 1.29 is 0 Å². The summed E-state index contributed by atoms with van der Waals surface area (Å²) in [5, 5.41) is 7.86. The fourth-order valence-corrected chi connectivity index (χ4v) is 2.11. The molecule has 1 aromatic heterocycles. The van der Waals surface area contributed by atoms with Crippen LogP contribution in [0.5, 0.6) is 0 Å². The lowest BCUT2D eigenvalue weighted by Crippen LogP contribution is -2.20. The molecule has 0 fully saturated rings. The highest BCUT2D eigenvalue weighted by Gasteiger charge is 2.03. The minimum absolute atomic E-state index is 0. The number of nitrogens with zero attached hydrogens (tertiary/aromatic N) is 2. The van der Waals surface area contributed by atoms with Crippen molar-refractivity contribution in [3.63, 3.8) is 0 Å². The Labute approximate surface area is 127 Å². The van der Waals surface area contributed by atoms with E-state index in [0.29, 0.717) is 5.92 Å². The van der Waals surface area contributed by atoms with Gasteiger partial charge in [-0.2, -0.15) is 5.10 Å². The van der Waals surface area contributed by atoms with Crippen LogP contribution in [0.15, 0.2) is 42.6 Å². The Morgan fingerprint density at radius 2 is 1.90 bits per heavy atom. The number of nitrogens with one attached hydrogen (secondary N) is 1. The summed E-state index contributed by atoms with van der Waals surface area (Å²) in [6.07, 6.45) is 2.95. The van der Waals surface area contributed by atoms with Gasteiger partial charge in [-0.3, -0.25) is 4.68 Å². The van der Waals surface area contributed by atoms with Gasteiger partial charge in [0.15, 0.2) is 0 Å². The van der Waals surface area contributed by atoms with Crippen molar-refractivity contribution in [3.05, 3.63) is 53.9 Å². The highest BCUT2D eigenvalue weighted by atomic mass is 35.5. The molecule has 20 heavy (non-hydrogen) atoms. The van der Waals surface area contributed by atoms with E-state index in [9.17, 15) is 0 Å². The molecule has 0 atom stereocenters. The summed E-state index contributed by atoms with van der Waals surface area (Å²) in [6.45, 7) is 7.31. The monoisotopic (exact) mass is 293 g/mol. The smallest absolute Gasteiger partial charge is 0.0522 e. The van der Waals surface area contributed by atoms with Gasteiger partial charge < -0.3 is 5.32 Å². The zero-order valence-corrected chi connectivity index (χ0v) is 13.1. The minimum Gasteiger partial charge on any atom is -0.311 e. The lowest BCUT2D eigenvalue weighted by atomic mass is 10.1. The molecule has 0 aliphatic heterocycles. The average Bonchev–Trinajstić information content (AvgIpc) is 2.82. The molecule has 0 aliphatic rings. The highest BCUT2D eigenvalue weighted by molar-refractivity contribution is 5.85. The number of hydrogen-bond donors (Lipinski definition) is 1. The van der Waals surface area contributed by atoms with Gasteiger partial charge in [-0.05, 0) is 30.5 Å². The van der Waals surface area contributed by atoms with E-state index < -0.39 is 0 Å². The predicted molar refractivity (Wildman–Crippen MR) is 86.2 cm³/mol. The van der Waals surface area contributed by atoms with Crippen LogP contribution < -0.4 is 5.32 Å². The number of aromatic nitrogens is 2. The van der Waals surface area contributed by atoms with Crippen LogP contribution in [0.4, 0.5) is 0 Å². The Morgan fingerprint density at radius 1 is 1.15 bits per heavy atom. The van der Waals surface area contributed by atoms with Crippen molar-refractivity contribution in [1.82, 2.24) is 15.1 Å². The molecule has 0 saturated heterocycles. The molecule has 2 aromatic rings. The maximum Gasteiger partial charge on any atom is 0.0522 e. The molecular formula is C16H24ClN3. The Hall–Kier alpha value is -1.32. The summed E-state index contributed by atoms with van der Waals surface area (Å²) in [7, 11) is 0. The van der Waals surface area contributed by atoms with Crippen LogP contribution >= 0.6 is 12.4 Å². The molecule has 110 valence electrons. The first kappa shape index (κ1) is 16.7. The minimum atomic E-state index is 0. The van der Waals surface area contributed by atoms with Crippen LogP contribution in [0.2, 0.25) is 0 Å². The Bertz CT molecular complexity index is 479. The number of hydrogen-bond acceptors (Lipinski definition) is 2. The van der Waals surface area contributed by atoms with Gasteiger partial charge in [-0.1, -0.05) is 44.2 Å². The van der Waals surface area contributed by atoms with E-state index in [1.807, 2.05) is 6.20 Å². The molecular weight excluding hydrogens is 270 g/mol. The van der Waals surface area contributed by atoms with E-state index in [0.717, 1.165) is 26.1 Å². The van der Waals surface area contributed by atoms with Crippen LogP contribution in [0.1, 0.15) is 25.1 Å². The van der Waals surface area contributed by atoms with Gasteiger partial charge >= 0.3 is 0 Å². The third kappa shape index (κ3) is 5.35. The first-order valence-corrected chi connectivity index (χ1v) is 7.01. The molecule has 0 unspecified atom stereocenters. The van der Waals surface area contributed by atoms with Crippen molar-refractivity contribution >= 4 is 12.4 Å². The Morgan fingerprint density at radius 3 is 2.60 bits per heavy atom. The maximum atomic E-state index is 4.37. The summed E-state index contributed by atoms with van der Waals surface area (Å²) in [4.78, 5) is 0. The lowest BCUT2D eigenvalue weighted by molar-refractivity contribution is 0.461. The molecule has 3 nitrogen and oxygen atoms in total. The van der Waals surface area contributed by atoms with Crippen molar-refractivity contribution in [3.8, 4) is 0 Å². The predicted octanol–water partition coefficient (Wildman–Crippen LogP) is 3.29. The third-order valence-corrected chi connectivity index (χ3v) is 3.08. The van der Waals surface area contributed by atoms with Crippen molar-refractivity contribution in [2.24, 2.45) is 5.92 Å². The molecule has 0 bridgehead atoms. The number of rotatable bonds is 7. The molecule has 1 aromatic carbocycles. The van der Waals surface area contributed by atoms with E-state index in [1.54, 1.807) is 0 Å². The summed E-state index contributed by atoms with van der Waals surface area (Å²) >= 11 is 0. The second-order valence-corrected chi connectivity index (χ2v) is 5.31. The van der Waals surface area contributed by atoms with Crippen LogP contribution in [0, 0.1) is 5.92 Å². The number of halogens is 1. The van der Waals surface area contributed by atoms with Gasteiger partial charge in [0.25, 0.3) is 0 Å². The maximum absolute atomic E-state index is 4.37. The van der Waals surface area contributed by atoms with Crippen molar-refractivity contribution in [1.29, 1.82) is 0 Å². The fraction of sp³-hybridized carbons (Fsp3) is 0.438. The summed E-state index contributed by atoms with van der Waals surface area (Å²) in [5.41, 5.74) is 2.65. The standard InChI is InChI=1S/C16H23N3.ClH/c1-14(2)13-19-16(9-11-18-19)12-17-10-8-15-6-4-3-5-7-15;/h3-7,9,11,14,17H,8,10,12-13H2,1-2H3;1H. The zero-order chi connectivity index (χ0) is 13.5. The highest BCUT2D eigenvalue weighted by Crippen LogP contribution is 2.04. The van der Waals surface area contributed by atoms with E-state index >= 15 is 0 Å². The fourth-order valence-electron chi connectivity index (χ4n) is 2.11. The summed E-state index contributed by atoms with van der Waals surface area (Å²) in [5.74, 6) is 0.628. The molecule has 1 heterocycles. The summed E-state index contributed by atoms with van der Waals surface area (Å²) < 4.78 is 2.10. The van der Waals surface area contributed by atoms with E-state index in [-0.39, 0.29) is 12.4 Å². The van der Waals surface area contributed by atoms with Crippen LogP contribution in [-0.2, 0) is 19.5 Å². The first-order chi connectivity index (χ1) is 9.25. The molecule has 2 rings (SSSR count). The van der Waals surface area contributed by atoms with Gasteiger partial charge in [0.05, 0.1) is 5.69 Å². The van der Waals surface area contributed by atoms with Gasteiger partial charge in [0, 0.05) is 19.3 Å². The van der Waals surface area contributed by atoms with E-state index in [4.69, 9.17) is 0 Å². The van der Waals surface area contributed by atoms with E-state index in [1.165, 1.54) is 11.3 Å². The largest absolute Gasteiger partial charge is 0.311 e. The van der Waals surface area contributed by atoms with Gasteiger partial charge in [-0.25, -0.2) is 0 Å². The van der Waals surface area contributed by atoms with Gasteiger partial charge in [-0.15, -0.1) is 12.4 Å².